The van der Waals surface area contributed by atoms with Crippen molar-refractivity contribution in [1.82, 2.24) is 0 Å². The summed E-state index contributed by atoms with van der Waals surface area (Å²) in [6.45, 7) is 4.08. The number of phosphoric ester groups is 1. The summed E-state index contributed by atoms with van der Waals surface area (Å²) in [6.07, 6.45) is 35.4. The van der Waals surface area contributed by atoms with Gasteiger partial charge in [0.05, 0.1) is 13.2 Å². The number of phosphoric acid groups is 1. The normalized spacial score (nSPS) is 23.0. The number of unbranched alkanes of at least 4 members (excludes halogenated alkanes) is 13. The maximum absolute atomic E-state index is 12.8. The van der Waals surface area contributed by atoms with Gasteiger partial charge in [0.2, 0.25) is 0 Å². The molecule has 0 radical (unpaired) electrons. The molecule has 346 valence electrons. The van der Waals surface area contributed by atoms with E-state index in [9.17, 15) is 39.8 Å². The second kappa shape index (κ2) is 37.3. The minimum Gasteiger partial charge on any atom is -0.457 e. The van der Waals surface area contributed by atoms with Crippen LogP contribution >= 0.6 is 7.82 Å². The zero-order chi connectivity index (χ0) is 44.1. The molecule has 1 aliphatic carbocycles. The number of aliphatic hydroxyl groups excluding tert-OH is 5. The molecular weight excluding hydrogens is 787 g/mol. The highest BCUT2D eigenvalue weighted by molar-refractivity contribution is 7.47. The molecule has 6 unspecified atom stereocenters. The quantitative estimate of drug-likeness (QED) is 0.0150. The van der Waals surface area contributed by atoms with E-state index in [0.717, 1.165) is 70.6 Å². The molecule has 0 aromatic rings. The SMILES string of the molecule is CC/C=C\C/C=C\C/C=C\C/C=C\C/C=C\C/C=C\CCCCC(=O)OC(COCCCCCCCCCCCCCC)COP(=O)(O)OC1C(O)C(O)C(O)C(O)C1O. The van der Waals surface area contributed by atoms with E-state index in [-0.39, 0.29) is 13.0 Å². The van der Waals surface area contributed by atoms with Crippen molar-refractivity contribution < 1.29 is 58.3 Å². The van der Waals surface area contributed by atoms with Crippen LogP contribution in [0.2, 0.25) is 0 Å². The molecule has 13 heteroatoms. The summed E-state index contributed by atoms with van der Waals surface area (Å²) >= 11 is 0. The van der Waals surface area contributed by atoms with Crippen LogP contribution in [0.25, 0.3) is 0 Å². The zero-order valence-electron chi connectivity index (χ0n) is 36.7. The van der Waals surface area contributed by atoms with Crippen LogP contribution in [0.3, 0.4) is 0 Å². The van der Waals surface area contributed by atoms with Crippen LogP contribution in [0.5, 0.6) is 0 Å². The lowest BCUT2D eigenvalue weighted by Crippen LogP contribution is -2.64. The van der Waals surface area contributed by atoms with Crippen LogP contribution in [-0.2, 0) is 27.9 Å². The third-order valence-corrected chi connectivity index (χ3v) is 11.1. The van der Waals surface area contributed by atoms with Crippen molar-refractivity contribution in [2.24, 2.45) is 0 Å². The lowest BCUT2D eigenvalue weighted by Gasteiger charge is -2.41. The monoisotopic (exact) mass is 869 g/mol. The van der Waals surface area contributed by atoms with E-state index in [0.29, 0.717) is 13.0 Å². The second-order valence-electron chi connectivity index (χ2n) is 15.5. The molecule has 60 heavy (non-hydrogen) atoms. The predicted octanol–water partition coefficient (Wildman–Crippen LogP) is 9.19. The lowest BCUT2D eigenvalue weighted by molar-refractivity contribution is -0.220. The van der Waals surface area contributed by atoms with Gasteiger partial charge in [-0.2, -0.15) is 0 Å². The Bertz CT molecular complexity index is 1260. The Kier molecular flexibility index (Phi) is 34.7. The van der Waals surface area contributed by atoms with Gasteiger partial charge in [0, 0.05) is 13.0 Å². The van der Waals surface area contributed by atoms with E-state index in [1.807, 2.05) is 0 Å². The molecule has 1 aliphatic rings. The summed E-state index contributed by atoms with van der Waals surface area (Å²) in [6, 6.07) is 0. The van der Waals surface area contributed by atoms with Crippen molar-refractivity contribution in [1.29, 1.82) is 0 Å². The van der Waals surface area contributed by atoms with Crippen LogP contribution < -0.4 is 0 Å². The number of hydrogen-bond acceptors (Lipinski definition) is 11. The number of esters is 1. The smallest absolute Gasteiger partial charge is 0.457 e. The largest absolute Gasteiger partial charge is 0.472 e. The first-order chi connectivity index (χ1) is 29.0. The van der Waals surface area contributed by atoms with Gasteiger partial charge in [0.15, 0.2) is 0 Å². The van der Waals surface area contributed by atoms with Crippen molar-refractivity contribution in [2.75, 3.05) is 19.8 Å². The minimum absolute atomic E-state index is 0.0966. The number of rotatable bonds is 37. The predicted molar refractivity (Wildman–Crippen MR) is 239 cm³/mol. The van der Waals surface area contributed by atoms with E-state index >= 15 is 0 Å². The molecule has 0 bridgehead atoms. The summed E-state index contributed by atoms with van der Waals surface area (Å²) < 4.78 is 34.1. The summed E-state index contributed by atoms with van der Waals surface area (Å²) in [5.41, 5.74) is 0. The molecular formula is C47H81O12P. The molecule has 1 saturated carbocycles. The number of allylic oxidation sites excluding steroid dienone is 12. The molecule has 0 aliphatic heterocycles. The fourth-order valence-electron chi connectivity index (χ4n) is 6.48. The summed E-state index contributed by atoms with van der Waals surface area (Å²) in [7, 11) is -5.03. The Morgan fingerprint density at radius 1 is 0.550 bits per heavy atom. The van der Waals surface area contributed by atoms with Gasteiger partial charge in [-0.15, -0.1) is 0 Å². The van der Waals surface area contributed by atoms with Crippen LogP contribution in [0, 0.1) is 0 Å². The van der Waals surface area contributed by atoms with E-state index < -0.39 is 63.1 Å². The standard InChI is InChI=1S/C47H81O12P/c1-3-5-7-9-11-13-15-17-18-19-20-21-22-23-24-25-26-28-30-32-34-36-41(48)58-40(38-56-37-35-33-31-29-27-16-14-12-10-8-6-4-2)39-57-60(54,55)59-47-45(52)43(50)42(49)44(51)46(47)53/h5,7,11,13,17-18,20-21,23-24,26,28,40,42-47,49-53H,3-4,6,8-10,12,14-16,19,22,25,27,29-39H2,1-2H3,(H,54,55)/b7-5-,13-11-,18-17-,21-20-,24-23-,28-26-. The third kappa shape index (κ3) is 29.1. The van der Waals surface area contributed by atoms with Crippen LogP contribution in [-0.4, -0.2) is 98.9 Å². The highest BCUT2D eigenvalue weighted by Crippen LogP contribution is 2.47. The van der Waals surface area contributed by atoms with Gasteiger partial charge < -0.3 is 39.9 Å². The molecule has 12 nitrogen and oxygen atoms in total. The number of carbonyl (C=O) groups is 1. The Morgan fingerprint density at radius 2 is 0.983 bits per heavy atom. The molecule has 0 amide bonds. The van der Waals surface area contributed by atoms with E-state index in [1.165, 1.54) is 57.8 Å². The van der Waals surface area contributed by atoms with Gasteiger partial charge >= 0.3 is 13.8 Å². The highest BCUT2D eigenvalue weighted by Gasteiger charge is 2.51. The van der Waals surface area contributed by atoms with Crippen LogP contribution in [0.15, 0.2) is 72.9 Å². The maximum atomic E-state index is 12.8. The molecule has 0 aromatic carbocycles. The molecule has 0 aromatic heterocycles. The Balaban J connectivity index is 2.44. The van der Waals surface area contributed by atoms with Gasteiger partial charge in [0.25, 0.3) is 0 Å². The van der Waals surface area contributed by atoms with Crippen LogP contribution in [0.4, 0.5) is 0 Å². The number of ether oxygens (including phenoxy) is 2. The molecule has 0 saturated heterocycles. The Hall–Kier alpha value is -2.22. The average molecular weight is 869 g/mol. The number of aliphatic hydroxyl groups is 5. The van der Waals surface area contributed by atoms with Crippen LogP contribution in [0.1, 0.15) is 155 Å². The van der Waals surface area contributed by atoms with E-state index in [1.54, 1.807) is 0 Å². The topological polar surface area (TPSA) is 192 Å². The number of hydrogen-bond donors (Lipinski definition) is 6. The van der Waals surface area contributed by atoms with Gasteiger partial charge in [-0.3, -0.25) is 13.8 Å². The molecule has 6 N–H and O–H groups in total. The molecule has 0 spiro atoms. The highest BCUT2D eigenvalue weighted by atomic mass is 31.2. The van der Waals surface area contributed by atoms with Gasteiger partial charge in [-0.1, -0.05) is 157 Å². The van der Waals surface area contributed by atoms with Crippen molar-refractivity contribution >= 4 is 13.8 Å². The minimum atomic E-state index is -5.03. The maximum Gasteiger partial charge on any atom is 0.472 e. The zero-order valence-corrected chi connectivity index (χ0v) is 37.6. The average Bonchev–Trinajstić information content (AvgIpc) is 3.23. The van der Waals surface area contributed by atoms with E-state index in [4.69, 9.17) is 18.5 Å². The Morgan fingerprint density at radius 3 is 1.47 bits per heavy atom. The van der Waals surface area contributed by atoms with Gasteiger partial charge in [0.1, 0.15) is 42.7 Å². The molecule has 1 fully saturated rings. The summed E-state index contributed by atoms with van der Waals surface area (Å²) in [5.74, 6) is -0.521. The molecule has 6 atom stereocenters. The molecule has 1 rings (SSSR count). The second-order valence-corrected chi connectivity index (χ2v) is 16.9. The van der Waals surface area contributed by atoms with E-state index in [2.05, 4.69) is 86.8 Å². The van der Waals surface area contributed by atoms with Gasteiger partial charge in [-0.05, 0) is 64.2 Å². The first kappa shape index (κ1) is 55.8. The fourth-order valence-corrected chi connectivity index (χ4v) is 7.45. The summed E-state index contributed by atoms with van der Waals surface area (Å²) in [4.78, 5) is 23.1. The van der Waals surface area contributed by atoms with Crippen molar-refractivity contribution in [3.8, 4) is 0 Å². The van der Waals surface area contributed by atoms with Crippen molar-refractivity contribution in [3.63, 3.8) is 0 Å². The first-order valence-electron chi connectivity index (χ1n) is 22.8. The third-order valence-electron chi connectivity index (χ3n) is 10.1. The fraction of sp³-hybridized carbons (Fsp3) is 0.723. The van der Waals surface area contributed by atoms with Gasteiger partial charge in [-0.25, -0.2) is 4.57 Å². The number of carbonyl (C=O) groups excluding carboxylic acids is 1. The molecule has 0 heterocycles. The Labute approximate surface area is 361 Å². The van der Waals surface area contributed by atoms with Crippen molar-refractivity contribution in [2.45, 2.75) is 198 Å². The first-order valence-corrected chi connectivity index (χ1v) is 24.3. The summed E-state index contributed by atoms with van der Waals surface area (Å²) in [5, 5.41) is 50.1. The van der Waals surface area contributed by atoms with Crippen molar-refractivity contribution in [3.05, 3.63) is 72.9 Å². The lowest BCUT2D eigenvalue weighted by atomic mass is 9.85.